The second-order valence-electron chi connectivity index (χ2n) is 13.2. The monoisotopic (exact) mass is 682 g/mol. The van der Waals surface area contributed by atoms with E-state index in [2.05, 4.69) is 32.6 Å². The Morgan fingerprint density at radius 1 is 0.816 bits per heavy atom. The largest absolute Gasteiger partial charge is 0.490 e. The smallest absolute Gasteiger partial charge is 0.262 e. The van der Waals surface area contributed by atoms with Gasteiger partial charge in [0.2, 0.25) is 11.8 Å². The van der Waals surface area contributed by atoms with E-state index in [9.17, 15) is 19.2 Å². The molecule has 0 bridgehead atoms. The molecule has 12 nitrogen and oxygen atoms in total. The van der Waals surface area contributed by atoms with E-state index in [1.165, 1.54) is 0 Å². The van der Waals surface area contributed by atoms with E-state index in [4.69, 9.17) is 15.2 Å². The van der Waals surface area contributed by atoms with Gasteiger partial charge in [0.05, 0.1) is 28.6 Å². The number of nitrogen functional groups attached to an aromatic ring is 1. The maximum Gasteiger partial charge on any atom is 0.262 e. The fourth-order valence-electron chi connectivity index (χ4n) is 7.12. The Balaban J connectivity index is 0.747. The number of anilines is 4. The molecule has 1 aliphatic carbocycles. The van der Waals surface area contributed by atoms with Crippen LogP contribution in [0.3, 0.4) is 0 Å². The van der Waals surface area contributed by atoms with E-state index in [0.29, 0.717) is 17.7 Å². The van der Waals surface area contributed by atoms with Crippen molar-refractivity contribution in [1.29, 1.82) is 0 Å². The van der Waals surface area contributed by atoms with Crippen molar-refractivity contribution in [2.24, 2.45) is 0 Å². The van der Waals surface area contributed by atoms with Crippen molar-refractivity contribution in [1.82, 2.24) is 15.1 Å². The second-order valence-corrected chi connectivity index (χ2v) is 14.3. The fourth-order valence-corrected chi connectivity index (χ4v) is 8.18. The quantitative estimate of drug-likeness (QED) is 0.134. The summed E-state index contributed by atoms with van der Waals surface area (Å²) < 4.78 is 12.4. The van der Waals surface area contributed by atoms with E-state index in [0.717, 1.165) is 95.2 Å². The summed E-state index contributed by atoms with van der Waals surface area (Å²) in [6, 6.07) is 16.4. The third kappa shape index (κ3) is 6.33. The summed E-state index contributed by atoms with van der Waals surface area (Å²) in [6.07, 6.45) is 3.37. The normalized spacial score (nSPS) is 23.3. The van der Waals surface area contributed by atoms with Gasteiger partial charge in [-0.05, 0) is 67.4 Å². The Hall–Kier alpha value is -4.59. The molecule has 3 aromatic rings. The van der Waals surface area contributed by atoms with E-state index in [-0.39, 0.29) is 31.0 Å². The predicted octanol–water partition coefficient (Wildman–Crippen LogP) is 4.02. The van der Waals surface area contributed by atoms with Crippen LogP contribution in [0.1, 0.15) is 52.8 Å². The number of nitrogens with two attached hydrogens (primary N) is 1. The van der Waals surface area contributed by atoms with Gasteiger partial charge in [-0.15, -0.1) is 0 Å². The average molecular weight is 683 g/mol. The molecule has 4 N–H and O–H groups in total. The number of amides is 4. The second kappa shape index (κ2) is 13.0. The summed E-state index contributed by atoms with van der Waals surface area (Å²) in [6.45, 7) is 5.05. The van der Waals surface area contributed by atoms with Gasteiger partial charge in [-0.2, -0.15) is 0 Å². The lowest BCUT2D eigenvalue weighted by Gasteiger charge is -2.37. The number of carbonyl (C=O) groups is 4. The highest BCUT2D eigenvalue weighted by atomic mass is 32.2. The molecule has 5 aliphatic rings. The third-order valence-electron chi connectivity index (χ3n) is 9.94. The molecule has 8 rings (SSSR count). The molecule has 0 radical (unpaired) electrons. The minimum Gasteiger partial charge on any atom is -0.490 e. The number of imide groups is 2. The van der Waals surface area contributed by atoms with Crippen molar-refractivity contribution < 1.29 is 28.7 Å². The van der Waals surface area contributed by atoms with Crippen molar-refractivity contribution in [2.75, 3.05) is 55.3 Å². The molecule has 3 fully saturated rings. The molecule has 49 heavy (non-hydrogen) atoms. The molecule has 0 spiro atoms. The van der Waals surface area contributed by atoms with Crippen molar-refractivity contribution in [3.63, 3.8) is 0 Å². The van der Waals surface area contributed by atoms with Crippen molar-refractivity contribution in [3.05, 3.63) is 65.7 Å². The number of hydrogen-bond acceptors (Lipinski definition) is 11. The molecule has 0 aromatic heterocycles. The number of piperidine rings is 1. The zero-order valence-electron chi connectivity index (χ0n) is 27.0. The van der Waals surface area contributed by atoms with Crippen LogP contribution in [0.25, 0.3) is 0 Å². The predicted molar refractivity (Wildman–Crippen MR) is 184 cm³/mol. The van der Waals surface area contributed by atoms with Crippen molar-refractivity contribution in [3.8, 4) is 5.75 Å². The first-order chi connectivity index (χ1) is 23.8. The Morgan fingerprint density at radius 3 is 2.37 bits per heavy atom. The lowest BCUT2D eigenvalue weighted by atomic mass is 9.92. The highest BCUT2D eigenvalue weighted by Crippen LogP contribution is 2.46. The Bertz CT molecular complexity index is 1840. The van der Waals surface area contributed by atoms with Gasteiger partial charge in [0, 0.05) is 79.8 Å². The number of rotatable bonds is 9. The van der Waals surface area contributed by atoms with Gasteiger partial charge < -0.3 is 25.4 Å². The molecule has 1 unspecified atom stereocenters. The van der Waals surface area contributed by atoms with E-state index < -0.39 is 23.8 Å². The highest BCUT2D eigenvalue weighted by Gasteiger charge is 2.45. The maximum atomic E-state index is 13.2. The third-order valence-corrected chi connectivity index (χ3v) is 11.1. The molecular formula is C36H38N6O6S. The summed E-state index contributed by atoms with van der Waals surface area (Å²) in [5.41, 5.74) is 10.4. The molecule has 4 amide bonds. The highest BCUT2D eigenvalue weighted by molar-refractivity contribution is 7.99. The lowest BCUT2D eigenvalue weighted by molar-refractivity contribution is -0.136. The van der Waals surface area contributed by atoms with Crippen molar-refractivity contribution >= 4 is 58.1 Å². The Kier molecular flexibility index (Phi) is 8.42. The number of ether oxygens (including phenoxy) is 2. The molecule has 1 atom stereocenters. The number of carbonyl (C=O) groups excluding carboxylic acids is 4. The summed E-state index contributed by atoms with van der Waals surface area (Å²) in [7, 11) is 0. The van der Waals surface area contributed by atoms with Crippen LogP contribution in [0.5, 0.6) is 5.75 Å². The molecule has 3 aromatic carbocycles. The maximum absolute atomic E-state index is 13.2. The molecule has 1 saturated carbocycles. The molecular weight excluding hydrogens is 644 g/mol. The topological polar surface area (TPSA) is 147 Å². The number of nitrogens with one attached hydrogen (secondary N) is 2. The SMILES string of the molecule is Nc1ccc2c(c1)Sc1cc(OC3CC(OCCCN4CCN(c5ccc6c(c5)C(=O)N(C5CCC(=O)NC5=O)C6=O)CC4)C3)ccc1N2. The molecule has 254 valence electrons. The Morgan fingerprint density at radius 2 is 1.57 bits per heavy atom. The van der Waals surface area contributed by atoms with E-state index in [1.807, 2.05) is 30.3 Å². The van der Waals surface area contributed by atoms with Gasteiger partial charge in [0.15, 0.2) is 0 Å². The van der Waals surface area contributed by atoms with Crippen LogP contribution in [-0.2, 0) is 14.3 Å². The van der Waals surface area contributed by atoms with Crippen LogP contribution in [-0.4, -0.2) is 91.0 Å². The van der Waals surface area contributed by atoms with Crippen molar-refractivity contribution in [2.45, 2.75) is 60.1 Å². The first-order valence-electron chi connectivity index (χ1n) is 16.9. The molecule has 4 aliphatic heterocycles. The minimum absolute atomic E-state index is 0.100. The number of piperazine rings is 1. The van der Waals surface area contributed by atoms with Crippen LogP contribution >= 0.6 is 11.8 Å². The molecule has 4 heterocycles. The summed E-state index contributed by atoms with van der Waals surface area (Å²) >= 11 is 1.70. The number of hydrogen-bond donors (Lipinski definition) is 3. The van der Waals surface area contributed by atoms with Gasteiger partial charge >= 0.3 is 0 Å². The van der Waals surface area contributed by atoms with Gasteiger partial charge in [-0.1, -0.05) is 11.8 Å². The van der Waals surface area contributed by atoms with E-state index >= 15 is 0 Å². The van der Waals surface area contributed by atoms with Gasteiger partial charge in [0.25, 0.3) is 11.8 Å². The van der Waals surface area contributed by atoms with Crippen LogP contribution in [0, 0.1) is 0 Å². The zero-order chi connectivity index (χ0) is 33.6. The number of benzene rings is 3. The average Bonchev–Trinajstić information content (AvgIpc) is 3.32. The lowest BCUT2D eigenvalue weighted by Crippen LogP contribution is -2.54. The van der Waals surface area contributed by atoms with Crippen LogP contribution in [0.2, 0.25) is 0 Å². The van der Waals surface area contributed by atoms with Crippen LogP contribution < -0.4 is 26.0 Å². The van der Waals surface area contributed by atoms with Crippen LogP contribution in [0.4, 0.5) is 22.7 Å². The summed E-state index contributed by atoms with van der Waals surface area (Å²) in [5.74, 6) is -1.08. The summed E-state index contributed by atoms with van der Waals surface area (Å²) in [4.78, 5) is 58.1. The minimum atomic E-state index is -0.960. The standard InChI is InChI=1S/C36H38N6O6S/c37-21-2-6-28-31(16-21)49-32-20-23(4-7-29(32)38-28)48-25-18-24(19-25)47-15-1-10-40-11-13-41(14-12-40)22-3-5-26-27(17-22)36(46)42(35(26)45)30-8-9-33(43)39-34(30)44/h2-7,16-17,20,24-25,30,38H,1,8-15,18-19,37H2,(H,39,43,44). The fraction of sp³-hybridized carbons (Fsp3) is 0.389. The number of fused-ring (bicyclic) bond motifs is 3. The first kappa shape index (κ1) is 31.7. The molecule has 2 saturated heterocycles. The number of nitrogens with zero attached hydrogens (tertiary/aromatic N) is 3. The Labute approximate surface area is 288 Å². The van der Waals surface area contributed by atoms with Gasteiger partial charge in [0.1, 0.15) is 17.9 Å². The van der Waals surface area contributed by atoms with Crippen LogP contribution in [0.15, 0.2) is 64.4 Å². The summed E-state index contributed by atoms with van der Waals surface area (Å²) in [5, 5.41) is 5.71. The van der Waals surface area contributed by atoms with Gasteiger partial charge in [-0.25, -0.2) is 0 Å². The van der Waals surface area contributed by atoms with Gasteiger partial charge in [-0.3, -0.25) is 34.3 Å². The van der Waals surface area contributed by atoms with E-state index in [1.54, 1.807) is 23.9 Å². The first-order valence-corrected chi connectivity index (χ1v) is 17.7. The molecule has 13 heteroatoms. The zero-order valence-corrected chi connectivity index (χ0v) is 27.8.